The Bertz CT molecular complexity index is 1210. The van der Waals surface area contributed by atoms with Gasteiger partial charge in [-0.05, 0) is 55.8 Å². The van der Waals surface area contributed by atoms with Gasteiger partial charge in [0.25, 0.3) is 0 Å². The molecule has 0 radical (unpaired) electrons. The first-order valence-corrected chi connectivity index (χ1v) is 19.2. The third-order valence-corrected chi connectivity index (χ3v) is 10.1. The highest BCUT2D eigenvalue weighted by molar-refractivity contribution is 5.87. The van der Waals surface area contributed by atoms with Crippen molar-refractivity contribution in [3.8, 4) is 0 Å². The summed E-state index contributed by atoms with van der Waals surface area (Å²) in [5.74, 6) is -1.07. The van der Waals surface area contributed by atoms with Crippen molar-refractivity contribution >= 4 is 29.3 Å². The van der Waals surface area contributed by atoms with Crippen molar-refractivity contribution < 1.29 is 28.7 Å². The summed E-state index contributed by atoms with van der Waals surface area (Å²) in [7, 11) is 10.6. The van der Waals surface area contributed by atoms with E-state index in [0.717, 1.165) is 30.5 Å². The van der Waals surface area contributed by atoms with Crippen LogP contribution in [0.15, 0.2) is 24.3 Å². The van der Waals surface area contributed by atoms with Crippen molar-refractivity contribution in [2.24, 2.45) is 17.8 Å². The van der Waals surface area contributed by atoms with Crippen LogP contribution in [0.4, 0.5) is 5.69 Å². The lowest BCUT2D eigenvalue weighted by Gasteiger charge is -2.39. The molecule has 1 saturated heterocycles. The average molecular weight is 733 g/mol. The number of amides is 4. The topological polar surface area (TPSA) is 133 Å². The normalized spacial score (nSPS) is 17.6. The smallest absolute Gasteiger partial charge is 0.242 e. The summed E-state index contributed by atoms with van der Waals surface area (Å²) in [6, 6.07) is 7.22. The zero-order valence-electron chi connectivity index (χ0n) is 34.6. The molecule has 7 atom stereocenters. The van der Waals surface area contributed by atoms with Crippen molar-refractivity contribution in [1.29, 1.82) is 0 Å². The van der Waals surface area contributed by atoms with Crippen LogP contribution in [0.3, 0.4) is 0 Å². The van der Waals surface area contributed by atoms with Gasteiger partial charge in [0.15, 0.2) is 0 Å². The summed E-state index contributed by atoms with van der Waals surface area (Å²) >= 11 is 0. The molecule has 1 aliphatic heterocycles. The predicted octanol–water partition coefficient (Wildman–Crippen LogP) is 4.11. The molecule has 1 aliphatic rings. The number of rotatable bonds is 20. The summed E-state index contributed by atoms with van der Waals surface area (Å²) in [6.07, 6.45) is 3.30. The van der Waals surface area contributed by atoms with E-state index in [1.165, 1.54) is 6.42 Å². The Kier molecular flexibility index (Phi) is 21.7. The number of anilines is 1. The standard InChI is InChI=1S/C37H64N6O6.C3H8/c1-12-25(4)34(42(9)32(45)23-40-37(47)33(38-6)24(2)3)30(48-10)22-31(44)43-21-13-14-29(43)35(49-11)26(5)36(46)39-20-19-27-15-17-28(18-16-27)41(7)8;1-3-2/h15-18,24-26,29-30,33-35,38H,12-14,19-23H2,1-11H3,(H,39,46)(H,40,47);3H2,1-2H3. The Hall–Kier alpha value is -3.22. The molecule has 2 rings (SSSR count). The van der Waals surface area contributed by atoms with Crippen LogP contribution in [0.1, 0.15) is 86.1 Å². The highest BCUT2D eigenvalue weighted by atomic mass is 16.5. The molecule has 298 valence electrons. The molecule has 1 aromatic carbocycles. The maximum Gasteiger partial charge on any atom is 0.242 e. The Morgan fingerprint density at radius 3 is 2.04 bits per heavy atom. The molecule has 0 bridgehead atoms. The van der Waals surface area contributed by atoms with E-state index in [-0.39, 0.29) is 54.5 Å². The Balaban J connectivity index is 0.00000434. The van der Waals surface area contributed by atoms with Crippen LogP contribution in [0.25, 0.3) is 0 Å². The highest BCUT2D eigenvalue weighted by Crippen LogP contribution is 2.29. The number of nitrogens with one attached hydrogen (secondary N) is 3. The molecular weight excluding hydrogens is 660 g/mol. The molecule has 12 heteroatoms. The van der Waals surface area contributed by atoms with Gasteiger partial charge >= 0.3 is 0 Å². The second-order valence-electron chi connectivity index (χ2n) is 14.7. The highest BCUT2D eigenvalue weighted by Gasteiger charge is 2.42. The Morgan fingerprint density at radius 1 is 0.923 bits per heavy atom. The Labute approximate surface area is 315 Å². The number of hydrogen-bond acceptors (Lipinski definition) is 8. The van der Waals surface area contributed by atoms with Crippen LogP contribution >= 0.6 is 0 Å². The van der Waals surface area contributed by atoms with Gasteiger partial charge in [-0.1, -0.05) is 73.4 Å². The molecule has 0 saturated carbocycles. The number of carbonyl (C=O) groups is 4. The van der Waals surface area contributed by atoms with Crippen LogP contribution < -0.4 is 20.9 Å². The molecule has 1 fully saturated rings. The van der Waals surface area contributed by atoms with Gasteiger partial charge in [-0.2, -0.15) is 0 Å². The van der Waals surface area contributed by atoms with Crippen molar-refractivity contribution in [2.45, 2.75) is 117 Å². The van der Waals surface area contributed by atoms with Gasteiger partial charge in [0.2, 0.25) is 23.6 Å². The first kappa shape index (κ1) is 46.8. The van der Waals surface area contributed by atoms with Crippen molar-refractivity contribution in [3.63, 3.8) is 0 Å². The zero-order chi connectivity index (χ0) is 39.5. The van der Waals surface area contributed by atoms with Gasteiger partial charge in [-0.3, -0.25) is 19.2 Å². The van der Waals surface area contributed by atoms with Gasteiger partial charge in [0.05, 0.1) is 49.2 Å². The lowest BCUT2D eigenvalue weighted by molar-refractivity contribution is -0.145. The number of likely N-dealkylation sites (N-methyl/N-ethyl adjacent to an activating group) is 2. The monoisotopic (exact) mass is 733 g/mol. The molecule has 7 unspecified atom stereocenters. The first-order chi connectivity index (χ1) is 24.6. The molecular formula is C40H72N6O6. The van der Waals surface area contributed by atoms with E-state index in [9.17, 15) is 19.2 Å². The van der Waals surface area contributed by atoms with E-state index >= 15 is 0 Å². The molecule has 12 nitrogen and oxygen atoms in total. The van der Waals surface area contributed by atoms with Gasteiger partial charge in [-0.25, -0.2) is 0 Å². The van der Waals surface area contributed by atoms with E-state index in [2.05, 4.69) is 54.1 Å². The van der Waals surface area contributed by atoms with Crippen LogP contribution in [0.5, 0.6) is 0 Å². The predicted molar refractivity (Wildman–Crippen MR) is 210 cm³/mol. The molecule has 4 amide bonds. The quantitative estimate of drug-likeness (QED) is 0.183. The van der Waals surface area contributed by atoms with Crippen LogP contribution in [-0.2, 0) is 35.1 Å². The second kappa shape index (κ2) is 24.2. The van der Waals surface area contributed by atoms with Gasteiger partial charge < -0.3 is 40.1 Å². The number of hydrogen-bond donors (Lipinski definition) is 3. The second-order valence-corrected chi connectivity index (χ2v) is 14.7. The van der Waals surface area contributed by atoms with Crippen LogP contribution in [0.2, 0.25) is 0 Å². The summed E-state index contributed by atoms with van der Waals surface area (Å²) in [5, 5.41) is 8.82. The largest absolute Gasteiger partial charge is 0.379 e. The van der Waals surface area contributed by atoms with Crippen molar-refractivity contribution in [2.75, 3.05) is 66.9 Å². The van der Waals surface area contributed by atoms with E-state index < -0.39 is 30.2 Å². The summed E-state index contributed by atoms with van der Waals surface area (Å²) in [4.78, 5) is 58.7. The first-order valence-electron chi connectivity index (χ1n) is 19.2. The van der Waals surface area contributed by atoms with E-state index in [4.69, 9.17) is 9.47 Å². The van der Waals surface area contributed by atoms with Crippen molar-refractivity contribution in [3.05, 3.63) is 29.8 Å². The number of ether oxygens (including phenoxy) is 2. The summed E-state index contributed by atoms with van der Waals surface area (Å²) < 4.78 is 11.8. The Morgan fingerprint density at radius 2 is 1.54 bits per heavy atom. The number of likely N-dealkylation sites (tertiary alicyclic amines) is 1. The number of methoxy groups -OCH3 is 2. The molecule has 52 heavy (non-hydrogen) atoms. The van der Waals surface area contributed by atoms with E-state index in [1.54, 1.807) is 33.2 Å². The number of nitrogens with zero attached hydrogens (tertiary/aromatic N) is 3. The molecule has 0 aliphatic carbocycles. The average Bonchev–Trinajstić information content (AvgIpc) is 3.60. The molecule has 1 aromatic rings. The van der Waals surface area contributed by atoms with E-state index in [0.29, 0.717) is 19.5 Å². The zero-order valence-corrected chi connectivity index (χ0v) is 34.6. The molecule has 0 spiro atoms. The van der Waals surface area contributed by atoms with Crippen LogP contribution in [-0.4, -0.2) is 126 Å². The van der Waals surface area contributed by atoms with Gasteiger partial charge in [-0.15, -0.1) is 0 Å². The molecule has 1 heterocycles. The third kappa shape index (κ3) is 14.0. The molecule has 0 aromatic heterocycles. The minimum Gasteiger partial charge on any atom is -0.379 e. The number of benzene rings is 1. The fraction of sp³-hybridized carbons (Fsp3) is 0.750. The fourth-order valence-electron chi connectivity index (χ4n) is 6.94. The van der Waals surface area contributed by atoms with E-state index in [1.807, 2.05) is 58.5 Å². The minimum atomic E-state index is -0.567. The summed E-state index contributed by atoms with van der Waals surface area (Å²) in [6.45, 7) is 15.0. The summed E-state index contributed by atoms with van der Waals surface area (Å²) in [5.41, 5.74) is 2.27. The third-order valence-electron chi connectivity index (χ3n) is 10.1. The maximum atomic E-state index is 13.9. The molecule has 3 N–H and O–H groups in total. The fourth-order valence-corrected chi connectivity index (χ4v) is 6.94. The van der Waals surface area contributed by atoms with Gasteiger partial charge in [0.1, 0.15) is 0 Å². The van der Waals surface area contributed by atoms with Gasteiger partial charge in [0, 0.05) is 54.1 Å². The van der Waals surface area contributed by atoms with Crippen molar-refractivity contribution in [1.82, 2.24) is 25.8 Å². The minimum absolute atomic E-state index is 0.0267. The lowest BCUT2D eigenvalue weighted by atomic mass is 9.90. The number of carbonyl (C=O) groups excluding carboxylic acids is 4. The maximum absolute atomic E-state index is 13.9. The SMILES string of the molecule is CCC.CCC(C)C(C(CC(=O)N1CCCC1C(OC)C(C)C(=O)NCCc1ccc(N(C)C)cc1)OC)N(C)C(=O)CNC(=O)C(NC)C(C)C. The lowest BCUT2D eigenvalue weighted by Crippen LogP contribution is -2.55. The van der Waals surface area contributed by atoms with Crippen LogP contribution in [0, 0.1) is 17.8 Å².